The number of pyridine rings is 2. The Morgan fingerprint density at radius 1 is 1.18 bits per heavy atom. The van der Waals surface area contributed by atoms with Crippen LogP contribution >= 0.6 is 0 Å². The summed E-state index contributed by atoms with van der Waals surface area (Å²) in [5.74, 6) is -2.28. The Morgan fingerprint density at radius 2 is 1.97 bits per heavy atom. The topological polar surface area (TPSA) is 105 Å². The number of rotatable bonds is 3. The summed E-state index contributed by atoms with van der Waals surface area (Å²) >= 11 is 0. The molecule has 3 aromatic heterocycles. The van der Waals surface area contributed by atoms with Crippen LogP contribution in [0.2, 0.25) is 0 Å². The second kappa shape index (κ2) is 9.26. The smallest absolute Gasteiger partial charge is 0.355 e. The highest BCUT2D eigenvalue weighted by atomic mass is 19.1. The number of aromatic hydroxyl groups is 1. The molecular weight excluding hydrogens is 506 g/mol. The molecule has 0 radical (unpaired) electrons. The molecule has 2 aliphatic heterocycles. The third-order valence-electron chi connectivity index (χ3n) is 7.41. The van der Waals surface area contributed by atoms with E-state index in [1.54, 1.807) is 12.3 Å². The van der Waals surface area contributed by atoms with Crippen LogP contribution in [-0.2, 0) is 0 Å². The molecule has 0 aliphatic carbocycles. The van der Waals surface area contributed by atoms with Crippen LogP contribution in [0.1, 0.15) is 37.9 Å². The second-order valence-electron chi connectivity index (χ2n) is 10.4. The van der Waals surface area contributed by atoms with Gasteiger partial charge in [0.1, 0.15) is 35.1 Å². The zero-order chi connectivity index (χ0) is 27.6. The number of nitrogens with zero attached hydrogens (tertiary/aromatic N) is 5. The van der Waals surface area contributed by atoms with Gasteiger partial charge in [0.05, 0.1) is 23.0 Å². The SMILES string of the molecule is Cc1ccnc(C(C)C)c1-n1c(=O)nc2c3c(c(F)c(-c4c(O)cccc4F)nc31)OC[C@H]1CNC[C@H](C)N21. The molecule has 202 valence electrons. The van der Waals surface area contributed by atoms with Gasteiger partial charge < -0.3 is 20.1 Å². The lowest BCUT2D eigenvalue weighted by molar-refractivity contribution is 0.253. The maximum atomic E-state index is 16.3. The molecule has 9 nitrogen and oxygen atoms in total. The van der Waals surface area contributed by atoms with Crippen LogP contribution in [0.4, 0.5) is 14.6 Å². The summed E-state index contributed by atoms with van der Waals surface area (Å²) in [6.45, 7) is 9.00. The van der Waals surface area contributed by atoms with E-state index >= 15 is 8.78 Å². The quantitative estimate of drug-likeness (QED) is 0.409. The van der Waals surface area contributed by atoms with E-state index < -0.39 is 34.3 Å². The summed E-state index contributed by atoms with van der Waals surface area (Å²) in [5, 5.41) is 14.1. The highest BCUT2D eigenvalue weighted by Crippen LogP contribution is 2.44. The molecule has 2 aliphatic rings. The molecule has 1 saturated heterocycles. The standard InChI is InChI=1S/C28H28F2N6O3/c1-13(2)22-24(14(3)8-9-32-22)36-26-20-25(21(30)23(33-26)19-17(29)6-5-7-18(19)37)39-12-16-11-31-10-15(4)35(16)27(20)34-28(36)38/h5-9,13,15-16,31,37H,10-12H2,1-4H3/t15-,16+/m0/s1. The molecule has 11 heteroatoms. The number of fused-ring (bicyclic) bond motifs is 2. The zero-order valence-electron chi connectivity index (χ0n) is 22.0. The summed E-state index contributed by atoms with van der Waals surface area (Å²) in [6.07, 6.45) is 1.66. The van der Waals surface area contributed by atoms with Gasteiger partial charge in [-0.25, -0.2) is 23.1 Å². The fourth-order valence-corrected chi connectivity index (χ4v) is 5.62. The Labute approximate surface area is 223 Å². The van der Waals surface area contributed by atoms with Crippen LogP contribution in [0.3, 0.4) is 0 Å². The van der Waals surface area contributed by atoms with Crippen molar-refractivity contribution in [2.75, 3.05) is 24.6 Å². The first-order chi connectivity index (χ1) is 18.7. The summed E-state index contributed by atoms with van der Waals surface area (Å²) in [7, 11) is 0. The Morgan fingerprint density at radius 3 is 2.72 bits per heavy atom. The van der Waals surface area contributed by atoms with Gasteiger partial charge in [0.2, 0.25) is 0 Å². The minimum absolute atomic E-state index is 0.0448. The predicted molar refractivity (Wildman–Crippen MR) is 143 cm³/mol. The second-order valence-corrected chi connectivity index (χ2v) is 10.4. The van der Waals surface area contributed by atoms with Crippen molar-refractivity contribution in [3.63, 3.8) is 0 Å². The molecule has 5 heterocycles. The molecule has 2 atom stereocenters. The molecule has 2 N–H and O–H groups in total. The minimum Gasteiger partial charge on any atom is -0.507 e. The van der Waals surface area contributed by atoms with E-state index in [1.807, 2.05) is 32.6 Å². The van der Waals surface area contributed by atoms with Crippen LogP contribution in [0.15, 0.2) is 35.3 Å². The lowest BCUT2D eigenvalue weighted by Gasteiger charge is -2.40. The molecule has 1 fully saturated rings. The first-order valence-corrected chi connectivity index (χ1v) is 12.9. The number of aryl methyl sites for hydroxylation is 1. The number of ether oxygens (including phenoxy) is 1. The van der Waals surface area contributed by atoms with Crippen molar-refractivity contribution in [1.82, 2.24) is 24.8 Å². The molecule has 0 spiro atoms. The van der Waals surface area contributed by atoms with Gasteiger partial charge in [-0.1, -0.05) is 19.9 Å². The van der Waals surface area contributed by atoms with Crippen molar-refractivity contribution in [3.8, 4) is 28.4 Å². The largest absolute Gasteiger partial charge is 0.507 e. The van der Waals surface area contributed by atoms with Gasteiger partial charge in [0, 0.05) is 25.3 Å². The molecule has 1 aromatic carbocycles. The zero-order valence-corrected chi connectivity index (χ0v) is 22.0. The molecule has 6 rings (SSSR count). The maximum absolute atomic E-state index is 16.3. The Bertz CT molecular complexity index is 1670. The van der Waals surface area contributed by atoms with Crippen LogP contribution in [0.25, 0.3) is 28.0 Å². The Hall–Kier alpha value is -4.12. The summed E-state index contributed by atoms with van der Waals surface area (Å²) in [5.41, 5.74) is 0.368. The highest BCUT2D eigenvalue weighted by molar-refractivity contribution is 5.97. The third-order valence-corrected chi connectivity index (χ3v) is 7.41. The molecule has 0 saturated carbocycles. The molecule has 39 heavy (non-hydrogen) atoms. The van der Waals surface area contributed by atoms with Crippen LogP contribution in [0.5, 0.6) is 11.5 Å². The van der Waals surface area contributed by atoms with E-state index in [2.05, 4.69) is 20.3 Å². The first kappa shape index (κ1) is 25.2. The molecule has 4 aromatic rings. The minimum atomic E-state index is -0.941. The maximum Gasteiger partial charge on any atom is 0.355 e. The van der Waals surface area contributed by atoms with Crippen LogP contribution < -0.4 is 20.6 Å². The first-order valence-electron chi connectivity index (χ1n) is 12.9. The number of phenolic OH excluding ortho intramolecular Hbond substituents is 1. The normalized spacial score (nSPS) is 18.7. The van der Waals surface area contributed by atoms with E-state index in [4.69, 9.17) is 4.74 Å². The fourth-order valence-electron chi connectivity index (χ4n) is 5.62. The van der Waals surface area contributed by atoms with E-state index in [0.29, 0.717) is 24.5 Å². The number of benzene rings is 1. The van der Waals surface area contributed by atoms with Crippen LogP contribution in [-0.4, -0.2) is 56.4 Å². The van der Waals surface area contributed by atoms with E-state index in [1.165, 1.54) is 16.7 Å². The fraction of sp³-hybridized carbons (Fsp3) is 0.357. The highest BCUT2D eigenvalue weighted by Gasteiger charge is 2.38. The van der Waals surface area contributed by atoms with Crippen molar-refractivity contribution in [3.05, 3.63) is 63.8 Å². The Balaban J connectivity index is 1.81. The van der Waals surface area contributed by atoms with Gasteiger partial charge in [-0.2, -0.15) is 4.98 Å². The van der Waals surface area contributed by atoms with Crippen molar-refractivity contribution >= 4 is 16.9 Å². The van der Waals surface area contributed by atoms with Gasteiger partial charge >= 0.3 is 5.69 Å². The Kier molecular flexibility index (Phi) is 5.98. The van der Waals surface area contributed by atoms with Crippen LogP contribution in [0, 0.1) is 18.6 Å². The number of piperazine rings is 1. The lowest BCUT2D eigenvalue weighted by atomic mass is 10.0. The monoisotopic (exact) mass is 534 g/mol. The predicted octanol–water partition coefficient (Wildman–Crippen LogP) is 3.82. The van der Waals surface area contributed by atoms with Gasteiger partial charge in [0.25, 0.3) is 0 Å². The average Bonchev–Trinajstić information content (AvgIpc) is 3.05. The molecule has 0 unspecified atom stereocenters. The average molecular weight is 535 g/mol. The van der Waals surface area contributed by atoms with Gasteiger partial charge in [-0.05, 0) is 43.5 Å². The van der Waals surface area contributed by atoms with Crippen molar-refractivity contribution < 1.29 is 18.6 Å². The van der Waals surface area contributed by atoms with E-state index in [0.717, 1.165) is 11.6 Å². The summed E-state index contributed by atoms with van der Waals surface area (Å²) < 4.78 is 38.7. The molecule has 0 amide bonds. The number of phenols is 1. The number of hydrogen-bond donors (Lipinski definition) is 2. The van der Waals surface area contributed by atoms with E-state index in [9.17, 15) is 9.90 Å². The third kappa shape index (κ3) is 3.82. The summed E-state index contributed by atoms with van der Waals surface area (Å²) in [6, 6.07) is 5.14. The van der Waals surface area contributed by atoms with Crippen molar-refractivity contribution in [1.29, 1.82) is 0 Å². The van der Waals surface area contributed by atoms with Crippen molar-refractivity contribution in [2.45, 2.75) is 45.7 Å². The summed E-state index contributed by atoms with van der Waals surface area (Å²) in [4.78, 5) is 29.5. The molecule has 0 bridgehead atoms. The number of aromatic nitrogens is 4. The van der Waals surface area contributed by atoms with Crippen molar-refractivity contribution in [2.24, 2.45) is 0 Å². The number of halogens is 2. The number of anilines is 1. The number of hydrogen-bond acceptors (Lipinski definition) is 8. The number of nitrogens with one attached hydrogen (secondary N) is 1. The van der Waals surface area contributed by atoms with Gasteiger partial charge in [0.15, 0.2) is 17.2 Å². The van der Waals surface area contributed by atoms with Gasteiger partial charge in [-0.15, -0.1) is 0 Å². The van der Waals surface area contributed by atoms with E-state index in [-0.39, 0.29) is 47.2 Å². The van der Waals surface area contributed by atoms with Gasteiger partial charge in [-0.3, -0.25) is 4.98 Å². The molecular formula is C28H28F2N6O3. The lowest BCUT2D eigenvalue weighted by Crippen LogP contribution is -2.58.